The summed E-state index contributed by atoms with van der Waals surface area (Å²) in [5.74, 6) is 0.770. The van der Waals surface area contributed by atoms with E-state index in [4.69, 9.17) is 14.9 Å². The number of nitrogens with zero attached hydrogens (tertiary/aromatic N) is 1. The molecule has 0 spiro atoms. The molecular weight excluding hydrogens is 220 g/mol. The van der Waals surface area contributed by atoms with E-state index in [9.17, 15) is 4.79 Å². The molecule has 0 aliphatic carbocycles. The summed E-state index contributed by atoms with van der Waals surface area (Å²) in [4.78, 5) is 13.7. The molecule has 1 amide bonds. The largest absolute Gasteiger partial charge is 0.467 e. The highest BCUT2D eigenvalue weighted by atomic mass is 16.5. The predicted molar refractivity (Wildman–Crippen MR) is 62.1 cm³/mol. The van der Waals surface area contributed by atoms with Gasteiger partial charge in [-0.2, -0.15) is 0 Å². The fourth-order valence-corrected chi connectivity index (χ4v) is 2.02. The molecule has 1 aliphatic heterocycles. The van der Waals surface area contributed by atoms with Gasteiger partial charge in [0.2, 0.25) is 0 Å². The van der Waals surface area contributed by atoms with E-state index in [0.29, 0.717) is 13.1 Å². The van der Waals surface area contributed by atoms with E-state index in [0.717, 1.165) is 18.6 Å². The number of hydrogen-bond acceptors (Lipinski definition) is 4. The van der Waals surface area contributed by atoms with Crippen LogP contribution in [-0.2, 0) is 16.1 Å². The molecule has 1 aromatic rings. The normalized spacial score (nSPS) is 23.9. The van der Waals surface area contributed by atoms with Crippen LogP contribution in [-0.4, -0.2) is 36.6 Å². The third-order valence-electron chi connectivity index (χ3n) is 3.00. The Balaban J connectivity index is 1.87. The number of ether oxygens (including phenoxy) is 1. The third kappa shape index (κ3) is 2.87. The van der Waals surface area contributed by atoms with E-state index < -0.39 is 0 Å². The second-order valence-electron chi connectivity index (χ2n) is 4.33. The predicted octanol–water partition coefficient (Wildman–Crippen LogP) is 0.744. The van der Waals surface area contributed by atoms with Crippen LogP contribution in [0.2, 0.25) is 0 Å². The molecular formula is C12H18N2O3. The first-order valence-corrected chi connectivity index (χ1v) is 5.83. The maximum atomic E-state index is 12.1. The van der Waals surface area contributed by atoms with E-state index in [1.807, 2.05) is 12.1 Å². The molecule has 17 heavy (non-hydrogen) atoms. The zero-order valence-corrected chi connectivity index (χ0v) is 9.96. The van der Waals surface area contributed by atoms with Gasteiger partial charge < -0.3 is 19.8 Å². The van der Waals surface area contributed by atoms with Gasteiger partial charge in [0, 0.05) is 13.6 Å². The van der Waals surface area contributed by atoms with Crippen molar-refractivity contribution in [3.8, 4) is 0 Å². The van der Waals surface area contributed by atoms with Gasteiger partial charge >= 0.3 is 0 Å². The number of amides is 1. The van der Waals surface area contributed by atoms with Crippen molar-refractivity contribution in [1.82, 2.24) is 4.90 Å². The summed E-state index contributed by atoms with van der Waals surface area (Å²) in [5.41, 5.74) is 5.52. The van der Waals surface area contributed by atoms with Crippen LogP contribution in [0.1, 0.15) is 18.6 Å². The number of likely N-dealkylation sites (N-methyl/N-ethyl adjacent to an activating group) is 1. The summed E-state index contributed by atoms with van der Waals surface area (Å²) >= 11 is 0. The fraction of sp³-hybridized carbons (Fsp3) is 0.583. The summed E-state index contributed by atoms with van der Waals surface area (Å²) in [7, 11) is 1.75. The van der Waals surface area contributed by atoms with Gasteiger partial charge in [-0.05, 0) is 25.0 Å². The number of rotatable bonds is 4. The number of carbonyl (C=O) groups excluding carboxylic acids is 1. The molecule has 1 aliphatic rings. The molecule has 1 fully saturated rings. The maximum Gasteiger partial charge on any atom is 0.251 e. The van der Waals surface area contributed by atoms with Crippen LogP contribution in [0.5, 0.6) is 0 Å². The van der Waals surface area contributed by atoms with Crippen LogP contribution in [0.3, 0.4) is 0 Å². The van der Waals surface area contributed by atoms with E-state index in [-0.39, 0.29) is 18.1 Å². The van der Waals surface area contributed by atoms with Crippen molar-refractivity contribution < 1.29 is 13.9 Å². The lowest BCUT2D eigenvalue weighted by atomic mass is 10.2. The quantitative estimate of drug-likeness (QED) is 0.840. The molecule has 94 valence electrons. The van der Waals surface area contributed by atoms with E-state index in [1.165, 1.54) is 0 Å². The number of furan rings is 1. The zero-order valence-electron chi connectivity index (χ0n) is 9.96. The molecule has 5 nitrogen and oxygen atoms in total. The Morgan fingerprint density at radius 1 is 1.59 bits per heavy atom. The van der Waals surface area contributed by atoms with Crippen LogP contribution in [0.4, 0.5) is 0 Å². The lowest BCUT2D eigenvalue weighted by Crippen LogP contribution is -2.36. The second-order valence-corrected chi connectivity index (χ2v) is 4.33. The van der Waals surface area contributed by atoms with Crippen LogP contribution >= 0.6 is 0 Å². The molecule has 2 N–H and O–H groups in total. The summed E-state index contributed by atoms with van der Waals surface area (Å²) in [6, 6.07) is 3.66. The van der Waals surface area contributed by atoms with Gasteiger partial charge in [0.05, 0.1) is 18.9 Å². The Morgan fingerprint density at radius 3 is 3.00 bits per heavy atom. The average Bonchev–Trinajstić information content (AvgIpc) is 2.98. The molecule has 2 heterocycles. The highest BCUT2D eigenvalue weighted by Crippen LogP contribution is 2.21. The first-order valence-electron chi connectivity index (χ1n) is 5.83. The SMILES string of the molecule is CN(Cc1ccco1)C(=O)[C@@H]1CC[C@H](CN)O1. The monoisotopic (exact) mass is 238 g/mol. The Kier molecular flexibility index (Phi) is 3.81. The van der Waals surface area contributed by atoms with Crippen LogP contribution < -0.4 is 5.73 Å². The van der Waals surface area contributed by atoms with Crippen molar-refractivity contribution in [3.63, 3.8) is 0 Å². The van der Waals surface area contributed by atoms with Crippen molar-refractivity contribution in [2.75, 3.05) is 13.6 Å². The van der Waals surface area contributed by atoms with Gasteiger partial charge in [0.1, 0.15) is 11.9 Å². The summed E-state index contributed by atoms with van der Waals surface area (Å²) in [6.07, 6.45) is 2.90. The highest BCUT2D eigenvalue weighted by Gasteiger charge is 2.31. The molecule has 1 aromatic heterocycles. The van der Waals surface area contributed by atoms with Crippen LogP contribution in [0.15, 0.2) is 22.8 Å². The van der Waals surface area contributed by atoms with Gasteiger partial charge in [0.15, 0.2) is 0 Å². The van der Waals surface area contributed by atoms with Crippen molar-refractivity contribution in [3.05, 3.63) is 24.2 Å². The molecule has 0 aromatic carbocycles. The smallest absolute Gasteiger partial charge is 0.251 e. The topological polar surface area (TPSA) is 68.7 Å². The minimum Gasteiger partial charge on any atom is -0.467 e. The van der Waals surface area contributed by atoms with Gasteiger partial charge in [-0.15, -0.1) is 0 Å². The second kappa shape index (κ2) is 5.33. The highest BCUT2D eigenvalue weighted by molar-refractivity contribution is 5.80. The molecule has 0 unspecified atom stereocenters. The minimum atomic E-state index is -0.344. The summed E-state index contributed by atoms with van der Waals surface area (Å²) in [6.45, 7) is 0.949. The first-order chi connectivity index (χ1) is 8.20. The Morgan fingerprint density at radius 2 is 2.41 bits per heavy atom. The Labute approximate surface area is 101 Å². The summed E-state index contributed by atoms with van der Waals surface area (Å²) < 4.78 is 10.8. The molecule has 2 rings (SSSR count). The lowest BCUT2D eigenvalue weighted by Gasteiger charge is -2.20. The number of nitrogens with two attached hydrogens (primary N) is 1. The van der Waals surface area contributed by atoms with Crippen molar-refractivity contribution in [2.45, 2.75) is 31.6 Å². The van der Waals surface area contributed by atoms with Crippen LogP contribution in [0.25, 0.3) is 0 Å². The lowest BCUT2D eigenvalue weighted by molar-refractivity contribution is -0.142. The molecule has 0 bridgehead atoms. The fourth-order valence-electron chi connectivity index (χ4n) is 2.02. The summed E-state index contributed by atoms with van der Waals surface area (Å²) in [5, 5.41) is 0. The van der Waals surface area contributed by atoms with E-state index in [2.05, 4.69) is 0 Å². The van der Waals surface area contributed by atoms with Gasteiger partial charge in [-0.3, -0.25) is 4.79 Å². The van der Waals surface area contributed by atoms with Gasteiger partial charge in [-0.25, -0.2) is 0 Å². The number of hydrogen-bond donors (Lipinski definition) is 1. The van der Waals surface area contributed by atoms with E-state index >= 15 is 0 Å². The zero-order chi connectivity index (χ0) is 12.3. The maximum absolute atomic E-state index is 12.1. The standard InChI is InChI=1S/C12H18N2O3/c1-14(8-10-3-2-6-16-10)12(15)11-5-4-9(7-13)17-11/h2-3,6,9,11H,4-5,7-8,13H2,1H3/t9-,11+/m1/s1. The van der Waals surface area contributed by atoms with Crippen molar-refractivity contribution in [2.24, 2.45) is 5.73 Å². The third-order valence-corrected chi connectivity index (χ3v) is 3.00. The molecule has 0 saturated carbocycles. The first kappa shape index (κ1) is 12.1. The molecule has 2 atom stereocenters. The molecule has 0 radical (unpaired) electrons. The van der Waals surface area contributed by atoms with Crippen molar-refractivity contribution >= 4 is 5.91 Å². The Bertz CT molecular complexity index is 364. The number of carbonyl (C=O) groups is 1. The van der Waals surface area contributed by atoms with Crippen LogP contribution in [0, 0.1) is 0 Å². The minimum absolute atomic E-state index is 0.00245. The molecule has 1 saturated heterocycles. The van der Waals surface area contributed by atoms with Gasteiger partial charge in [0.25, 0.3) is 5.91 Å². The van der Waals surface area contributed by atoms with Crippen molar-refractivity contribution in [1.29, 1.82) is 0 Å². The Hall–Kier alpha value is -1.33. The van der Waals surface area contributed by atoms with Gasteiger partial charge in [-0.1, -0.05) is 0 Å². The molecule has 5 heteroatoms. The average molecular weight is 238 g/mol. The van der Waals surface area contributed by atoms with E-state index in [1.54, 1.807) is 18.2 Å².